The first kappa shape index (κ1) is 19.2. The second-order valence-electron chi connectivity index (χ2n) is 8.15. The lowest BCUT2D eigenvalue weighted by Gasteiger charge is -2.41. The maximum absolute atomic E-state index is 12.2. The van der Waals surface area contributed by atoms with Gasteiger partial charge in [-0.3, -0.25) is 9.69 Å². The first-order valence-electron chi connectivity index (χ1n) is 10.1. The van der Waals surface area contributed by atoms with E-state index in [1.165, 1.54) is 18.4 Å². The molecule has 0 atom stereocenters. The number of likely N-dealkylation sites (tertiary alicyclic amines) is 2. The van der Waals surface area contributed by atoms with Crippen molar-refractivity contribution in [3.8, 4) is 5.75 Å². The first-order valence-corrected chi connectivity index (χ1v) is 10.1. The highest BCUT2D eigenvalue weighted by Gasteiger charge is 2.30. The molecule has 2 saturated heterocycles. The summed E-state index contributed by atoms with van der Waals surface area (Å²) in [6, 6.07) is 8.45. The Morgan fingerprint density at radius 1 is 1.08 bits per heavy atom. The van der Waals surface area contributed by atoms with Crippen molar-refractivity contribution in [3.05, 3.63) is 29.8 Å². The molecule has 144 valence electrons. The molecule has 1 aromatic carbocycles. The van der Waals surface area contributed by atoms with E-state index in [9.17, 15) is 9.90 Å². The number of benzene rings is 1. The minimum atomic E-state index is 0.197. The van der Waals surface area contributed by atoms with E-state index in [2.05, 4.69) is 15.1 Å². The molecule has 2 aliphatic heterocycles. The van der Waals surface area contributed by atoms with Crippen LogP contribution < -0.4 is 5.32 Å². The fraction of sp³-hybridized carbons (Fsp3) is 0.667. The monoisotopic (exact) mass is 359 g/mol. The molecule has 0 aromatic heterocycles. The van der Waals surface area contributed by atoms with Crippen LogP contribution in [-0.4, -0.2) is 59.1 Å². The summed E-state index contributed by atoms with van der Waals surface area (Å²) in [6.45, 7) is 9.37. The van der Waals surface area contributed by atoms with E-state index < -0.39 is 0 Å². The van der Waals surface area contributed by atoms with Crippen LogP contribution in [0.5, 0.6) is 5.75 Å². The topological polar surface area (TPSA) is 55.8 Å². The van der Waals surface area contributed by atoms with Crippen LogP contribution in [0.15, 0.2) is 24.3 Å². The fourth-order valence-corrected chi connectivity index (χ4v) is 4.23. The van der Waals surface area contributed by atoms with Gasteiger partial charge in [-0.25, -0.2) is 0 Å². The molecule has 0 spiro atoms. The maximum atomic E-state index is 12.2. The maximum Gasteiger partial charge on any atom is 0.223 e. The van der Waals surface area contributed by atoms with E-state index in [1.54, 1.807) is 12.1 Å². The number of hydrogen-bond acceptors (Lipinski definition) is 4. The van der Waals surface area contributed by atoms with Crippen molar-refractivity contribution >= 4 is 5.91 Å². The highest BCUT2D eigenvalue weighted by Crippen LogP contribution is 2.25. The number of aromatic hydroxyl groups is 1. The largest absolute Gasteiger partial charge is 0.508 e. The van der Waals surface area contributed by atoms with Gasteiger partial charge in [0.1, 0.15) is 5.75 Å². The predicted octanol–water partition coefficient (Wildman–Crippen LogP) is 2.59. The van der Waals surface area contributed by atoms with Gasteiger partial charge in [0.05, 0.1) is 0 Å². The van der Waals surface area contributed by atoms with Gasteiger partial charge in [0.25, 0.3) is 0 Å². The molecular weight excluding hydrogens is 326 g/mol. The molecule has 2 fully saturated rings. The number of piperidine rings is 2. The normalized spacial score (nSPS) is 21.2. The molecule has 0 bridgehead atoms. The molecule has 0 radical (unpaired) electrons. The Morgan fingerprint density at radius 2 is 1.69 bits per heavy atom. The summed E-state index contributed by atoms with van der Waals surface area (Å²) in [4.78, 5) is 17.3. The Morgan fingerprint density at radius 3 is 2.27 bits per heavy atom. The lowest BCUT2D eigenvalue weighted by atomic mass is 9.92. The Bertz CT molecular complexity index is 571. The molecule has 5 nitrogen and oxygen atoms in total. The first-order chi connectivity index (χ1) is 12.5. The molecule has 5 heteroatoms. The summed E-state index contributed by atoms with van der Waals surface area (Å²) in [5.41, 5.74) is 1.26. The third-order valence-corrected chi connectivity index (χ3v) is 5.75. The van der Waals surface area contributed by atoms with E-state index in [1.807, 2.05) is 26.0 Å². The number of nitrogens with zero attached hydrogens (tertiary/aromatic N) is 2. The number of carbonyl (C=O) groups excluding carboxylic acids is 1. The molecule has 2 N–H and O–H groups in total. The third kappa shape index (κ3) is 5.21. The van der Waals surface area contributed by atoms with E-state index in [4.69, 9.17) is 0 Å². The number of amides is 1. The zero-order chi connectivity index (χ0) is 18.5. The number of phenolic OH excluding ortho intramolecular Hbond substituents is 1. The standard InChI is InChI=1S/C21H33N3O2/c1-16(2)22-21(26)18-7-13-24(14-8-18)19-9-11-23(12-10-19)15-17-3-5-20(25)6-4-17/h3-6,16,18-19,25H,7-15H2,1-2H3,(H,22,26). The second kappa shape index (κ2) is 8.87. The molecule has 2 aliphatic rings. The Balaban J connectivity index is 1.40. The van der Waals surface area contributed by atoms with Gasteiger partial charge in [-0.05, 0) is 83.4 Å². The Kier molecular flexibility index (Phi) is 6.54. The summed E-state index contributed by atoms with van der Waals surface area (Å²) in [5, 5.41) is 12.5. The van der Waals surface area contributed by atoms with Gasteiger partial charge in [-0.1, -0.05) is 12.1 Å². The van der Waals surface area contributed by atoms with Gasteiger partial charge in [-0.2, -0.15) is 0 Å². The zero-order valence-corrected chi connectivity index (χ0v) is 16.2. The van der Waals surface area contributed by atoms with Gasteiger partial charge >= 0.3 is 0 Å². The van der Waals surface area contributed by atoms with Crippen LogP contribution in [0, 0.1) is 5.92 Å². The lowest BCUT2D eigenvalue weighted by Crippen LogP contribution is -2.49. The number of carbonyl (C=O) groups is 1. The van der Waals surface area contributed by atoms with Crippen LogP contribution >= 0.6 is 0 Å². The molecule has 3 rings (SSSR count). The van der Waals surface area contributed by atoms with Crippen LogP contribution in [0.25, 0.3) is 0 Å². The van der Waals surface area contributed by atoms with Crippen molar-refractivity contribution in [2.24, 2.45) is 5.92 Å². The van der Waals surface area contributed by atoms with Crippen molar-refractivity contribution < 1.29 is 9.90 Å². The van der Waals surface area contributed by atoms with Gasteiger partial charge in [0.2, 0.25) is 5.91 Å². The predicted molar refractivity (Wildman–Crippen MR) is 104 cm³/mol. The number of rotatable bonds is 5. The van der Waals surface area contributed by atoms with E-state index in [0.717, 1.165) is 45.6 Å². The molecule has 1 amide bonds. The van der Waals surface area contributed by atoms with Crippen molar-refractivity contribution in [2.45, 2.75) is 58.2 Å². The number of phenols is 1. The van der Waals surface area contributed by atoms with Crippen molar-refractivity contribution in [1.82, 2.24) is 15.1 Å². The number of nitrogens with one attached hydrogen (secondary N) is 1. The van der Waals surface area contributed by atoms with Gasteiger partial charge in [0, 0.05) is 24.5 Å². The molecule has 26 heavy (non-hydrogen) atoms. The SMILES string of the molecule is CC(C)NC(=O)C1CCN(C2CCN(Cc3ccc(O)cc3)CC2)CC1. The van der Waals surface area contributed by atoms with E-state index >= 15 is 0 Å². The third-order valence-electron chi connectivity index (χ3n) is 5.75. The molecule has 0 saturated carbocycles. The van der Waals surface area contributed by atoms with Crippen LogP contribution in [0.3, 0.4) is 0 Å². The van der Waals surface area contributed by atoms with Gasteiger partial charge < -0.3 is 15.3 Å². The minimum absolute atomic E-state index is 0.197. The van der Waals surface area contributed by atoms with Crippen LogP contribution in [0.4, 0.5) is 0 Å². The minimum Gasteiger partial charge on any atom is -0.508 e. The summed E-state index contributed by atoms with van der Waals surface area (Å²) < 4.78 is 0. The van der Waals surface area contributed by atoms with Crippen molar-refractivity contribution in [3.63, 3.8) is 0 Å². The van der Waals surface area contributed by atoms with Crippen molar-refractivity contribution in [2.75, 3.05) is 26.2 Å². The summed E-state index contributed by atoms with van der Waals surface area (Å²) >= 11 is 0. The van der Waals surface area contributed by atoms with E-state index in [-0.39, 0.29) is 17.9 Å². The summed E-state index contributed by atoms with van der Waals surface area (Å²) in [5.74, 6) is 0.768. The number of hydrogen-bond donors (Lipinski definition) is 2. The fourth-order valence-electron chi connectivity index (χ4n) is 4.23. The van der Waals surface area contributed by atoms with E-state index in [0.29, 0.717) is 11.8 Å². The van der Waals surface area contributed by atoms with Crippen LogP contribution in [0.1, 0.15) is 45.1 Å². The highest BCUT2D eigenvalue weighted by atomic mass is 16.3. The molecule has 0 aliphatic carbocycles. The summed E-state index contributed by atoms with van der Waals surface area (Å²) in [6.07, 6.45) is 4.40. The zero-order valence-electron chi connectivity index (χ0n) is 16.2. The average Bonchev–Trinajstić information content (AvgIpc) is 2.64. The van der Waals surface area contributed by atoms with Crippen molar-refractivity contribution in [1.29, 1.82) is 0 Å². The quantitative estimate of drug-likeness (QED) is 0.848. The Labute approximate surface area is 157 Å². The Hall–Kier alpha value is -1.59. The lowest BCUT2D eigenvalue weighted by molar-refractivity contribution is -0.127. The average molecular weight is 360 g/mol. The molecule has 1 aromatic rings. The summed E-state index contributed by atoms with van der Waals surface area (Å²) in [7, 11) is 0. The van der Waals surface area contributed by atoms with Gasteiger partial charge in [0.15, 0.2) is 0 Å². The smallest absolute Gasteiger partial charge is 0.223 e. The van der Waals surface area contributed by atoms with Crippen LogP contribution in [0.2, 0.25) is 0 Å². The molecule has 2 heterocycles. The van der Waals surface area contributed by atoms with Gasteiger partial charge in [-0.15, -0.1) is 0 Å². The highest BCUT2D eigenvalue weighted by molar-refractivity contribution is 5.78. The van der Waals surface area contributed by atoms with Crippen LogP contribution in [-0.2, 0) is 11.3 Å². The molecular formula is C21H33N3O2. The molecule has 0 unspecified atom stereocenters. The second-order valence-corrected chi connectivity index (χ2v) is 8.15.